The molecule has 0 saturated carbocycles. The summed E-state index contributed by atoms with van der Waals surface area (Å²) in [5.41, 5.74) is 3.28. The van der Waals surface area contributed by atoms with Gasteiger partial charge in [0.05, 0.1) is 11.9 Å². The first-order valence-electron chi connectivity index (χ1n) is 6.30. The molecule has 0 atom stereocenters. The molecule has 2 rings (SSSR count). The Morgan fingerprint density at radius 1 is 1.26 bits per heavy atom. The van der Waals surface area contributed by atoms with Crippen molar-refractivity contribution in [2.24, 2.45) is 0 Å². The van der Waals surface area contributed by atoms with E-state index >= 15 is 0 Å². The predicted molar refractivity (Wildman–Crippen MR) is 74.4 cm³/mol. The summed E-state index contributed by atoms with van der Waals surface area (Å²) >= 11 is 0. The van der Waals surface area contributed by atoms with Crippen molar-refractivity contribution >= 4 is 5.91 Å². The highest BCUT2D eigenvalue weighted by Crippen LogP contribution is 2.20. The van der Waals surface area contributed by atoms with Crippen LogP contribution < -0.4 is 10.6 Å². The minimum Gasteiger partial charge on any atom is -0.355 e. The van der Waals surface area contributed by atoms with Crippen molar-refractivity contribution in [1.82, 2.24) is 20.8 Å². The van der Waals surface area contributed by atoms with Crippen molar-refractivity contribution in [1.29, 1.82) is 0 Å². The summed E-state index contributed by atoms with van der Waals surface area (Å²) in [7, 11) is 0. The molecule has 3 N–H and O–H groups in total. The molecule has 1 aromatic heterocycles. The number of carbonyl (C=O) groups excluding carboxylic acids is 1. The van der Waals surface area contributed by atoms with Gasteiger partial charge in [-0.05, 0) is 5.56 Å². The van der Waals surface area contributed by atoms with Crippen LogP contribution in [0.15, 0.2) is 36.5 Å². The zero-order chi connectivity index (χ0) is 13.5. The fourth-order valence-electron chi connectivity index (χ4n) is 1.85. The lowest BCUT2D eigenvalue weighted by molar-refractivity contribution is -0.118. The normalized spacial score (nSPS) is 10.4. The number of hydrogen-bond acceptors (Lipinski definition) is 3. The van der Waals surface area contributed by atoms with E-state index < -0.39 is 0 Å². The van der Waals surface area contributed by atoms with Gasteiger partial charge >= 0.3 is 0 Å². The number of benzene rings is 1. The molecule has 0 radical (unpaired) electrons. The van der Waals surface area contributed by atoms with Crippen molar-refractivity contribution in [2.75, 3.05) is 13.1 Å². The van der Waals surface area contributed by atoms with Gasteiger partial charge in [-0.25, -0.2) is 0 Å². The van der Waals surface area contributed by atoms with E-state index in [0.717, 1.165) is 29.9 Å². The molecule has 2 aromatic rings. The number of nitrogens with one attached hydrogen (secondary N) is 3. The van der Waals surface area contributed by atoms with E-state index in [1.54, 1.807) is 0 Å². The molecule has 0 unspecified atom stereocenters. The highest BCUT2D eigenvalue weighted by Gasteiger charge is 2.06. The Bertz CT molecular complexity index is 521. The maximum atomic E-state index is 10.7. The lowest BCUT2D eigenvalue weighted by atomic mass is 10.1. The summed E-state index contributed by atoms with van der Waals surface area (Å²) in [5, 5.41) is 13.1. The maximum absolute atomic E-state index is 10.7. The Kier molecular flexibility index (Phi) is 4.69. The number of rotatable bonds is 6. The lowest BCUT2D eigenvalue weighted by Crippen LogP contribution is -2.29. The van der Waals surface area contributed by atoms with Gasteiger partial charge in [0.15, 0.2) is 0 Å². The fourth-order valence-corrected chi connectivity index (χ4v) is 1.85. The van der Waals surface area contributed by atoms with Gasteiger partial charge in [0, 0.05) is 32.1 Å². The average Bonchev–Trinajstić information content (AvgIpc) is 2.87. The Hall–Kier alpha value is -2.14. The predicted octanol–water partition coefficient (Wildman–Crippen LogP) is 1.30. The van der Waals surface area contributed by atoms with Crippen LogP contribution in [-0.2, 0) is 11.3 Å². The Labute approximate surface area is 112 Å². The quantitative estimate of drug-likeness (QED) is 0.684. The zero-order valence-electron chi connectivity index (χ0n) is 10.9. The third kappa shape index (κ3) is 3.93. The summed E-state index contributed by atoms with van der Waals surface area (Å²) in [4.78, 5) is 10.7. The SMILES string of the molecule is CC(=O)NCCNCc1cn[nH]c1-c1ccccc1. The topological polar surface area (TPSA) is 69.8 Å². The number of H-pyrrole nitrogens is 1. The van der Waals surface area contributed by atoms with Crippen molar-refractivity contribution in [2.45, 2.75) is 13.5 Å². The van der Waals surface area contributed by atoms with Gasteiger partial charge in [0.2, 0.25) is 5.91 Å². The summed E-state index contributed by atoms with van der Waals surface area (Å²) < 4.78 is 0. The highest BCUT2D eigenvalue weighted by molar-refractivity contribution is 5.72. The minimum absolute atomic E-state index is 0.00455. The van der Waals surface area contributed by atoms with Crippen LogP contribution in [0.3, 0.4) is 0 Å². The van der Waals surface area contributed by atoms with Gasteiger partial charge < -0.3 is 10.6 Å². The van der Waals surface area contributed by atoms with Crippen LogP contribution in [-0.4, -0.2) is 29.2 Å². The average molecular weight is 258 g/mol. The van der Waals surface area contributed by atoms with Crippen LogP contribution >= 0.6 is 0 Å². The molecule has 1 amide bonds. The minimum atomic E-state index is -0.00455. The fraction of sp³-hybridized carbons (Fsp3) is 0.286. The van der Waals surface area contributed by atoms with E-state index in [1.807, 2.05) is 36.5 Å². The lowest BCUT2D eigenvalue weighted by Gasteiger charge is -2.06. The molecule has 0 spiro atoms. The third-order valence-electron chi connectivity index (χ3n) is 2.77. The Balaban J connectivity index is 1.88. The van der Waals surface area contributed by atoms with Crippen LogP contribution in [0.1, 0.15) is 12.5 Å². The van der Waals surface area contributed by atoms with E-state index in [1.165, 1.54) is 6.92 Å². The zero-order valence-corrected chi connectivity index (χ0v) is 10.9. The largest absolute Gasteiger partial charge is 0.355 e. The monoisotopic (exact) mass is 258 g/mol. The highest BCUT2D eigenvalue weighted by atomic mass is 16.1. The Morgan fingerprint density at radius 3 is 2.79 bits per heavy atom. The number of aromatic nitrogens is 2. The molecule has 5 heteroatoms. The first-order valence-corrected chi connectivity index (χ1v) is 6.30. The van der Waals surface area contributed by atoms with E-state index in [-0.39, 0.29) is 5.91 Å². The van der Waals surface area contributed by atoms with Gasteiger partial charge in [-0.3, -0.25) is 9.89 Å². The molecule has 0 aliphatic heterocycles. The second-order valence-corrected chi connectivity index (χ2v) is 4.30. The summed E-state index contributed by atoms with van der Waals surface area (Å²) in [6.45, 7) is 3.61. The number of hydrogen-bond donors (Lipinski definition) is 3. The standard InChI is InChI=1S/C14H18N4O/c1-11(19)16-8-7-15-9-13-10-17-18-14(13)12-5-3-2-4-6-12/h2-6,10,15H,7-9H2,1H3,(H,16,19)(H,17,18). The molecule has 0 bridgehead atoms. The number of aromatic amines is 1. The second kappa shape index (κ2) is 6.70. The van der Waals surface area contributed by atoms with Crippen LogP contribution in [0.5, 0.6) is 0 Å². The number of amides is 1. The molecule has 5 nitrogen and oxygen atoms in total. The number of carbonyl (C=O) groups is 1. The first-order chi connectivity index (χ1) is 9.27. The first kappa shape index (κ1) is 13.3. The van der Waals surface area contributed by atoms with Gasteiger partial charge in [-0.1, -0.05) is 30.3 Å². The van der Waals surface area contributed by atoms with Gasteiger partial charge in [-0.2, -0.15) is 5.10 Å². The molecule has 0 aliphatic rings. The summed E-state index contributed by atoms with van der Waals surface area (Å²) in [6, 6.07) is 10.1. The van der Waals surface area contributed by atoms with E-state index in [0.29, 0.717) is 6.54 Å². The molecular formula is C14H18N4O. The second-order valence-electron chi connectivity index (χ2n) is 4.30. The molecule has 0 saturated heterocycles. The Morgan fingerprint density at radius 2 is 2.05 bits per heavy atom. The maximum Gasteiger partial charge on any atom is 0.216 e. The van der Waals surface area contributed by atoms with E-state index in [2.05, 4.69) is 20.8 Å². The van der Waals surface area contributed by atoms with E-state index in [9.17, 15) is 4.79 Å². The smallest absolute Gasteiger partial charge is 0.216 e. The molecule has 19 heavy (non-hydrogen) atoms. The van der Waals surface area contributed by atoms with E-state index in [4.69, 9.17) is 0 Å². The molecule has 1 heterocycles. The van der Waals surface area contributed by atoms with Gasteiger partial charge in [-0.15, -0.1) is 0 Å². The molecule has 0 aliphatic carbocycles. The van der Waals surface area contributed by atoms with Gasteiger partial charge in [0.25, 0.3) is 0 Å². The number of nitrogens with zero attached hydrogens (tertiary/aromatic N) is 1. The van der Waals surface area contributed by atoms with Crippen molar-refractivity contribution in [3.8, 4) is 11.3 Å². The summed E-state index contributed by atoms with van der Waals surface area (Å²) in [5.74, 6) is -0.00455. The molecule has 0 fully saturated rings. The summed E-state index contributed by atoms with van der Waals surface area (Å²) in [6.07, 6.45) is 1.83. The molecule has 100 valence electrons. The van der Waals surface area contributed by atoms with Crippen LogP contribution in [0.4, 0.5) is 0 Å². The van der Waals surface area contributed by atoms with Crippen molar-refractivity contribution in [3.05, 3.63) is 42.1 Å². The molecular weight excluding hydrogens is 240 g/mol. The van der Waals surface area contributed by atoms with Crippen LogP contribution in [0, 0.1) is 0 Å². The van der Waals surface area contributed by atoms with Crippen molar-refractivity contribution < 1.29 is 4.79 Å². The van der Waals surface area contributed by atoms with Crippen LogP contribution in [0.25, 0.3) is 11.3 Å². The van der Waals surface area contributed by atoms with Crippen molar-refractivity contribution in [3.63, 3.8) is 0 Å². The van der Waals surface area contributed by atoms with Gasteiger partial charge in [0.1, 0.15) is 0 Å². The molecule has 1 aromatic carbocycles. The third-order valence-corrected chi connectivity index (χ3v) is 2.77. The van der Waals surface area contributed by atoms with Crippen LogP contribution in [0.2, 0.25) is 0 Å².